The van der Waals surface area contributed by atoms with Gasteiger partial charge in [0.1, 0.15) is 0 Å². The summed E-state index contributed by atoms with van der Waals surface area (Å²) in [6, 6.07) is 62.7. The minimum Gasteiger partial charge on any atom is -0.310 e. The van der Waals surface area contributed by atoms with Gasteiger partial charge in [0.25, 0.3) is 0 Å². The molecular formula is C60H55N. The molecule has 0 aliphatic heterocycles. The molecule has 1 heteroatoms. The van der Waals surface area contributed by atoms with Crippen molar-refractivity contribution in [2.75, 3.05) is 4.90 Å². The number of benzene rings is 7. The van der Waals surface area contributed by atoms with Crippen LogP contribution in [0.3, 0.4) is 0 Å². The smallest absolute Gasteiger partial charge is 0.0540 e. The van der Waals surface area contributed by atoms with Gasteiger partial charge in [-0.05, 0) is 170 Å². The third kappa shape index (κ3) is 4.73. The summed E-state index contributed by atoms with van der Waals surface area (Å²) in [6.07, 6.45) is 8.30. The minimum atomic E-state index is 0.132. The van der Waals surface area contributed by atoms with Crippen molar-refractivity contribution in [3.8, 4) is 44.5 Å². The first-order valence-corrected chi connectivity index (χ1v) is 23.2. The normalized spacial score (nSPS) is 27.3. The van der Waals surface area contributed by atoms with Crippen molar-refractivity contribution >= 4 is 17.1 Å². The molecule has 6 aliphatic rings. The average molecular weight is 790 g/mol. The fourth-order valence-electron chi connectivity index (χ4n) is 14.9. The number of hydrogen-bond donors (Lipinski definition) is 0. The molecule has 0 aromatic heterocycles. The molecule has 2 bridgehead atoms. The van der Waals surface area contributed by atoms with Crippen LogP contribution in [0.15, 0.2) is 164 Å². The molecule has 0 N–H and O–H groups in total. The van der Waals surface area contributed by atoms with Crippen LogP contribution in [0.2, 0.25) is 0 Å². The lowest BCUT2D eigenvalue weighted by atomic mass is 9.27. The lowest BCUT2D eigenvalue weighted by molar-refractivity contribution is -0.231. The molecule has 6 unspecified atom stereocenters. The number of nitrogens with zero attached hydrogens (tertiary/aromatic N) is 1. The predicted molar refractivity (Wildman–Crippen MR) is 254 cm³/mol. The Hall–Kier alpha value is -5.66. The topological polar surface area (TPSA) is 3.24 Å². The SMILES string of the molecule is CC1(C)CCC(C)(C)c2cc(-c3ccccc3N(c3ccc(-c4ccccc4)cc3)c3ccc(-c4cccc5c4-c4ccccc4C54C5CC6CC7CC4C75C6)cc3)ccc21. The van der Waals surface area contributed by atoms with E-state index in [0.29, 0.717) is 5.41 Å². The van der Waals surface area contributed by atoms with Crippen LogP contribution in [-0.2, 0) is 16.2 Å². The maximum Gasteiger partial charge on any atom is 0.0540 e. The monoisotopic (exact) mass is 789 g/mol. The van der Waals surface area contributed by atoms with Crippen LogP contribution in [0, 0.1) is 29.1 Å². The van der Waals surface area contributed by atoms with E-state index in [1.54, 1.807) is 11.1 Å². The molecule has 0 radical (unpaired) electrons. The number of para-hydroxylation sites is 1. The van der Waals surface area contributed by atoms with Crippen LogP contribution >= 0.6 is 0 Å². The van der Waals surface area contributed by atoms with E-state index in [9.17, 15) is 0 Å². The fourth-order valence-corrected chi connectivity index (χ4v) is 14.9. The molecule has 7 aromatic rings. The van der Waals surface area contributed by atoms with E-state index in [-0.39, 0.29) is 16.2 Å². The van der Waals surface area contributed by atoms with Gasteiger partial charge in [0.2, 0.25) is 0 Å². The van der Waals surface area contributed by atoms with Crippen LogP contribution in [0.5, 0.6) is 0 Å². The van der Waals surface area contributed by atoms with Gasteiger partial charge < -0.3 is 4.90 Å². The van der Waals surface area contributed by atoms with Gasteiger partial charge in [0, 0.05) is 22.4 Å². The van der Waals surface area contributed by atoms with Gasteiger partial charge in [-0.3, -0.25) is 0 Å². The van der Waals surface area contributed by atoms with Crippen molar-refractivity contribution in [2.24, 2.45) is 29.1 Å². The molecular weight excluding hydrogens is 735 g/mol. The first-order chi connectivity index (χ1) is 29.7. The molecule has 4 saturated carbocycles. The van der Waals surface area contributed by atoms with Crippen molar-refractivity contribution in [3.05, 3.63) is 186 Å². The summed E-state index contributed by atoms with van der Waals surface area (Å²) in [5.74, 6) is 3.59. The highest BCUT2D eigenvalue weighted by Gasteiger charge is 2.84. The van der Waals surface area contributed by atoms with Gasteiger partial charge in [-0.2, -0.15) is 0 Å². The molecule has 0 saturated heterocycles. The number of rotatable bonds is 6. The summed E-state index contributed by atoms with van der Waals surface area (Å²) in [6.45, 7) is 9.71. The number of anilines is 3. The molecule has 300 valence electrons. The highest BCUT2D eigenvalue weighted by Crippen LogP contribution is 2.89. The lowest BCUT2D eigenvalue weighted by Crippen LogP contribution is -2.73. The van der Waals surface area contributed by atoms with Gasteiger partial charge in [-0.25, -0.2) is 0 Å². The second-order valence-electron chi connectivity index (χ2n) is 21.2. The first-order valence-electron chi connectivity index (χ1n) is 23.2. The molecule has 6 atom stereocenters. The Morgan fingerprint density at radius 3 is 1.79 bits per heavy atom. The molecule has 0 heterocycles. The zero-order valence-corrected chi connectivity index (χ0v) is 36.1. The maximum absolute atomic E-state index is 2.53. The van der Waals surface area contributed by atoms with Crippen molar-refractivity contribution in [1.82, 2.24) is 0 Å². The summed E-state index contributed by atoms with van der Waals surface area (Å²) in [5.41, 5.74) is 21.6. The van der Waals surface area contributed by atoms with Crippen molar-refractivity contribution < 1.29 is 0 Å². The molecule has 2 spiro atoms. The van der Waals surface area contributed by atoms with Gasteiger partial charge in [-0.1, -0.05) is 161 Å². The maximum atomic E-state index is 2.53. The van der Waals surface area contributed by atoms with E-state index in [4.69, 9.17) is 0 Å². The average Bonchev–Trinajstić information content (AvgIpc) is 3.93. The molecule has 7 aromatic carbocycles. The first kappa shape index (κ1) is 36.0. The Morgan fingerprint density at radius 2 is 1.03 bits per heavy atom. The molecule has 0 amide bonds. The quantitative estimate of drug-likeness (QED) is 0.162. The van der Waals surface area contributed by atoms with E-state index in [1.807, 2.05) is 0 Å². The minimum absolute atomic E-state index is 0.132. The van der Waals surface area contributed by atoms with Gasteiger partial charge in [0.15, 0.2) is 0 Å². The summed E-state index contributed by atoms with van der Waals surface area (Å²) >= 11 is 0. The van der Waals surface area contributed by atoms with Crippen molar-refractivity contribution in [1.29, 1.82) is 0 Å². The van der Waals surface area contributed by atoms with Crippen LogP contribution in [0.4, 0.5) is 17.1 Å². The van der Waals surface area contributed by atoms with Crippen molar-refractivity contribution in [3.63, 3.8) is 0 Å². The standard InChI is InChI=1S/C60H55N/c1-57(2)31-32-58(3,4)52-35-42(25-30-50(52)57)46-15-9-11-20-53(46)61(44-26-21-40(22-27-44)39-13-6-5-7-14-39)45-28-23-41(24-29-45)47-17-12-19-51-56(47)48-16-8-10-18-49(48)60(51)54-34-38-33-43-36-55(60)59(43,54)37-38/h5-30,35,38,43,54-55H,31-34,36-37H2,1-4H3. The van der Waals surface area contributed by atoms with E-state index >= 15 is 0 Å². The van der Waals surface area contributed by atoms with Crippen LogP contribution in [0.25, 0.3) is 44.5 Å². The molecule has 1 nitrogen and oxygen atoms in total. The van der Waals surface area contributed by atoms with Crippen molar-refractivity contribution in [2.45, 2.75) is 82.5 Å². The zero-order chi connectivity index (χ0) is 40.9. The summed E-state index contributed by atoms with van der Waals surface area (Å²) in [7, 11) is 0. The van der Waals surface area contributed by atoms with Gasteiger partial charge >= 0.3 is 0 Å². The van der Waals surface area contributed by atoms with Crippen LogP contribution in [0.1, 0.15) is 88.5 Å². The van der Waals surface area contributed by atoms with Crippen LogP contribution in [-0.4, -0.2) is 0 Å². The Labute approximate surface area is 362 Å². The largest absolute Gasteiger partial charge is 0.310 e. The second kappa shape index (κ2) is 12.5. The second-order valence-corrected chi connectivity index (χ2v) is 21.2. The molecule has 6 aliphatic carbocycles. The van der Waals surface area contributed by atoms with E-state index in [1.165, 1.54) is 99.8 Å². The summed E-state index contributed by atoms with van der Waals surface area (Å²) in [4.78, 5) is 2.48. The Morgan fingerprint density at radius 1 is 0.443 bits per heavy atom. The zero-order valence-electron chi connectivity index (χ0n) is 36.1. The highest BCUT2D eigenvalue weighted by molar-refractivity contribution is 5.95. The summed E-state index contributed by atoms with van der Waals surface area (Å²) < 4.78 is 0. The van der Waals surface area contributed by atoms with Gasteiger partial charge in [-0.15, -0.1) is 0 Å². The third-order valence-corrected chi connectivity index (χ3v) is 17.6. The molecule has 4 fully saturated rings. The molecule has 13 rings (SSSR count). The number of fused-ring (bicyclic) bond motifs is 9. The summed E-state index contributed by atoms with van der Waals surface area (Å²) in [5, 5.41) is 0. The highest BCUT2D eigenvalue weighted by atomic mass is 15.1. The number of hydrogen-bond acceptors (Lipinski definition) is 1. The van der Waals surface area contributed by atoms with E-state index in [0.717, 1.165) is 35.0 Å². The van der Waals surface area contributed by atoms with Gasteiger partial charge in [0.05, 0.1) is 5.69 Å². The Kier molecular flexibility index (Phi) is 7.37. The fraction of sp³-hybridized carbons (Fsp3) is 0.300. The lowest BCUT2D eigenvalue weighted by Gasteiger charge is -2.76. The Bertz CT molecular complexity index is 2900. The van der Waals surface area contributed by atoms with E-state index < -0.39 is 0 Å². The molecule has 61 heavy (non-hydrogen) atoms. The Balaban J connectivity index is 0.934. The van der Waals surface area contributed by atoms with E-state index in [2.05, 4.69) is 196 Å². The predicted octanol–water partition coefficient (Wildman–Crippen LogP) is 15.8. The van der Waals surface area contributed by atoms with Crippen LogP contribution < -0.4 is 4.90 Å². The third-order valence-electron chi connectivity index (χ3n) is 17.6.